The first-order valence-electron chi connectivity index (χ1n) is 5.23. The summed E-state index contributed by atoms with van der Waals surface area (Å²) >= 11 is 7.24. The molecule has 1 aromatic carbocycles. The molecule has 0 unspecified atom stereocenters. The van der Waals surface area contributed by atoms with Gasteiger partial charge in [0, 0.05) is 25.2 Å². The third-order valence-corrected chi connectivity index (χ3v) is 5.29. The van der Waals surface area contributed by atoms with E-state index in [2.05, 4.69) is 0 Å². The Kier molecular flexibility index (Phi) is 5.91. The molecule has 3 nitrogen and oxygen atoms in total. The first kappa shape index (κ1) is 15.8. The number of hydrogen-bond donors (Lipinski definition) is 0. The molecule has 0 fully saturated rings. The van der Waals surface area contributed by atoms with E-state index in [1.54, 1.807) is 11.8 Å². The molecule has 102 valence electrons. The maximum Gasteiger partial charge on any atom is 0.243 e. The van der Waals surface area contributed by atoms with Crippen molar-refractivity contribution in [3.8, 4) is 0 Å². The molecule has 0 saturated heterocycles. The highest BCUT2D eigenvalue weighted by Crippen LogP contribution is 2.22. The smallest absolute Gasteiger partial charge is 0.207 e. The molecular weight excluding hydrogens is 297 g/mol. The van der Waals surface area contributed by atoms with E-state index in [9.17, 15) is 12.8 Å². The lowest BCUT2D eigenvalue weighted by atomic mass is 10.2. The van der Waals surface area contributed by atoms with Crippen molar-refractivity contribution in [3.63, 3.8) is 0 Å². The van der Waals surface area contributed by atoms with Gasteiger partial charge in [0.05, 0.1) is 4.90 Å². The Bertz CT molecular complexity index is 508. The van der Waals surface area contributed by atoms with E-state index < -0.39 is 15.8 Å². The van der Waals surface area contributed by atoms with Crippen LogP contribution in [-0.2, 0) is 15.9 Å². The molecule has 1 aromatic rings. The van der Waals surface area contributed by atoms with Crippen molar-refractivity contribution in [3.05, 3.63) is 29.6 Å². The van der Waals surface area contributed by atoms with Gasteiger partial charge in [-0.25, -0.2) is 17.1 Å². The molecule has 0 aliphatic heterocycles. The number of alkyl halides is 1. The maximum atomic E-state index is 13.2. The van der Waals surface area contributed by atoms with E-state index in [-0.39, 0.29) is 10.8 Å². The summed E-state index contributed by atoms with van der Waals surface area (Å²) in [5, 5.41) is 0. The number of hydrogen-bond acceptors (Lipinski definition) is 3. The minimum absolute atomic E-state index is 0.0329. The van der Waals surface area contributed by atoms with Crippen molar-refractivity contribution in [1.82, 2.24) is 4.31 Å². The predicted molar refractivity (Wildman–Crippen MR) is 74.2 cm³/mol. The first-order chi connectivity index (χ1) is 8.43. The molecule has 0 N–H and O–H groups in total. The number of rotatable bonds is 6. The molecule has 0 amide bonds. The van der Waals surface area contributed by atoms with Crippen LogP contribution < -0.4 is 0 Å². The monoisotopic (exact) mass is 311 g/mol. The van der Waals surface area contributed by atoms with E-state index in [0.29, 0.717) is 17.9 Å². The molecular formula is C11H15ClFNO2S2. The number of nitrogens with zero attached hydrogens (tertiary/aromatic N) is 1. The van der Waals surface area contributed by atoms with Gasteiger partial charge in [-0.3, -0.25) is 0 Å². The van der Waals surface area contributed by atoms with Gasteiger partial charge < -0.3 is 0 Å². The van der Waals surface area contributed by atoms with Gasteiger partial charge in [0.15, 0.2) is 0 Å². The number of halogens is 2. The Hall–Kier alpha value is -0.300. The van der Waals surface area contributed by atoms with Crippen LogP contribution in [0.5, 0.6) is 0 Å². The lowest BCUT2D eigenvalue weighted by Gasteiger charge is -2.18. The van der Waals surface area contributed by atoms with Gasteiger partial charge in [-0.1, -0.05) is 6.07 Å². The van der Waals surface area contributed by atoms with E-state index in [1.807, 2.05) is 6.26 Å². The topological polar surface area (TPSA) is 37.4 Å². The Morgan fingerprint density at radius 2 is 2.11 bits per heavy atom. The summed E-state index contributed by atoms with van der Waals surface area (Å²) in [4.78, 5) is -0.0545. The zero-order chi connectivity index (χ0) is 13.8. The van der Waals surface area contributed by atoms with E-state index in [4.69, 9.17) is 11.6 Å². The molecule has 0 aliphatic rings. The summed E-state index contributed by atoms with van der Waals surface area (Å²) < 4.78 is 38.9. The second-order valence-electron chi connectivity index (χ2n) is 3.71. The van der Waals surface area contributed by atoms with Gasteiger partial charge >= 0.3 is 0 Å². The highest BCUT2D eigenvalue weighted by Gasteiger charge is 2.23. The van der Waals surface area contributed by atoms with E-state index >= 15 is 0 Å². The van der Waals surface area contributed by atoms with Gasteiger partial charge in [0.25, 0.3) is 0 Å². The second-order valence-corrected chi connectivity index (χ2v) is 6.97. The third kappa shape index (κ3) is 3.60. The Balaban J connectivity index is 3.14. The van der Waals surface area contributed by atoms with Gasteiger partial charge in [0.2, 0.25) is 10.0 Å². The Morgan fingerprint density at radius 3 is 2.67 bits per heavy atom. The number of sulfonamides is 1. The molecule has 0 saturated carbocycles. The Labute approximate surface area is 116 Å². The van der Waals surface area contributed by atoms with Crippen LogP contribution >= 0.6 is 23.4 Å². The van der Waals surface area contributed by atoms with Crippen molar-refractivity contribution in [2.75, 3.05) is 25.6 Å². The van der Waals surface area contributed by atoms with Crippen molar-refractivity contribution in [1.29, 1.82) is 0 Å². The van der Waals surface area contributed by atoms with Crippen molar-refractivity contribution in [2.24, 2.45) is 0 Å². The van der Waals surface area contributed by atoms with Crippen LogP contribution in [0.2, 0.25) is 0 Å². The van der Waals surface area contributed by atoms with E-state index in [0.717, 1.165) is 6.07 Å². The molecule has 0 spiro atoms. The third-order valence-electron chi connectivity index (χ3n) is 2.47. The minimum Gasteiger partial charge on any atom is -0.207 e. The average Bonchev–Trinajstić information content (AvgIpc) is 2.35. The van der Waals surface area contributed by atoms with Crippen molar-refractivity contribution < 1.29 is 12.8 Å². The van der Waals surface area contributed by atoms with Gasteiger partial charge in [-0.15, -0.1) is 11.6 Å². The van der Waals surface area contributed by atoms with Gasteiger partial charge in [0.1, 0.15) is 5.82 Å². The highest BCUT2D eigenvalue weighted by atomic mass is 35.5. The van der Waals surface area contributed by atoms with Crippen molar-refractivity contribution >= 4 is 33.4 Å². The fourth-order valence-electron chi connectivity index (χ4n) is 1.39. The second kappa shape index (κ2) is 6.75. The molecule has 18 heavy (non-hydrogen) atoms. The summed E-state index contributed by atoms with van der Waals surface area (Å²) in [6.45, 7) is 0.377. The molecule has 0 aromatic heterocycles. The molecule has 1 rings (SSSR count). The molecule has 7 heteroatoms. The zero-order valence-electron chi connectivity index (χ0n) is 10.2. The summed E-state index contributed by atoms with van der Waals surface area (Å²) in [6.07, 6.45) is 1.90. The predicted octanol–water partition coefficient (Wildman–Crippen LogP) is 2.55. The summed E-state index contributed by atoms with van der Waals surface area (Å²) in [5.74, 6) is 0.132. The maximum absolute atomic E-state index is 13.2. The molecule has 0 atom stereocenters. The van der Waals surface area contributed by atoms with Crippen LogP contribution in [0.3, 0.4) is 0 Å². The summed E-state index contributed by atoms with van der Waals surface area (Å²) in [6, 6.07) is 3.62. The normalized spacial score (nSPS) is 12.1. The highest BCUT2D eigenvalue weighted by molar-refractivity contribution is 7.98. The average molecular weight is 312 g/mol. The van der Waals surface area contributed by atoms with Crippen LogP contribution in [0, 0.1) is 5.82 Å². The lowest BCUT2D eigenvalue weighted by Crippen LogP contribution is -2.29. The van der Waals surface area contributed by atoms with Crippen LogP contribution in [-0.4, -0.2) is 38.3 Å². The standard InChI is InChI=1S/C11H15ClFNO2S2/c1-14(5-6-17-2)18(15,16)11-7-10(13)4-3-9(11)8-12/h3-4,7H,5-6,8H2,1-2H3. The van der Waals surface area contributed by atoms with Crippen molar-refractivity contribution in [2.45, 2.75) is 10.8 Å². The summed E-state index contributed by atoms with van der Waals surface area (Å²) in [7, 11) is -2.20. The number of thioether (sulfide) groups is 1. The summed E-state index contributed by atoms with van der Waals surface area (Å²) in [5.41, 5.74) is 0.411. The molecule has 0 heterocycles. The fraction of sp³-hybridized carbons (Fsp3) is 0.455. The van der Waals surface area contributed by atoms with Crippen LogP contribution in [0.25, 0.3) is 0 Å². The molecule has 0 radical (unpaired) electrons. The van der Waals surface area contributed by atoms with Crippen LogP contribution in [0.1, 0.15) is 5.56 Å². The van der Waals surface area contributed by atoms with Crippen LogP contribution in [0.15, 0.2) is 23.1 Å². The SMILES string of the molecule is CSCCN(C)S(=O)(=O)c1cc(F)ccc1CCl. The minimum atomic E-state index is -3.68. The zero-order valence-corrected chi connectivity index (χ0v) is 12.6. The van der Waals surface area contributed by atoms with Crippen LogP contribution in [0.4, 0.5) is 4.39 Å². The largest absolute Gasteiger partial charge is 0.243 e. The quantitative estimate of drug-likeness (QED) is 0.758. The lowest BCUT2D eigenvalue weighted by molar-refractivity contribution is 0.487. The first-order valence-corrected chi connectivity index (χ1v) is 8.60. The van der Waals surface area contributed by atoms with E-state index in [1.165, 1.54) is 23.5 Å². The number of benzene rings is 1. The van der Waals surface area contributed by atoms with Gasteiger partial charge in [-0.2, -0.15) is 11.8 Å². The van der Waals surface area contributed by atoms with Gasteiger partial charge in [-0.05, 0) is 24.0 Å². The Morgan fingerprint density at radius 1 is 1.44 bits per heavy atom. The molecule has 0 bridgehead atoms. The molecule has 0 aliphatic carbocycles. The fourth-order valence-corrected chi connectivity index (χ4v) is 3.67.